The fourth-order valence-electron chi connectivity index (χ4n) is 2.26. The van der Waals surface area contributed by atoms with Crippen LogP contribution in [0.4, 0.5) is 0 Å². The van der Waals surface area contributed by atoms with Crippen LogP contribution in [0.1, 0.15) is 11.8 Å². The van der Waals surface area contributed by atoms with Crippen LogP contribution in [0, 0.1) is 0 Å². The molecule has 0 saturated carbocycles. The summed E-state index contributed by atoms with van der Waals surface area (Å²) in [4.78, 5) is 17.6. The Labute approximate surface area is 131 Å². The van der Waals surface area contributed by atoms with Gasteiger partial charge >= 0.3 is 5.69 Å². The zero-order chi connectivity index (χ0) is 15.7. The lowest BCUT2D eigenvalue weighted by Crippen LogP contribution is -2.30. The molecule has 0 aliphatic heterocycles. The molecule has 22 heavy (non-hydrogen) atoms. The number of nitrogens with one attached hydrogen (secondary N) is 2. The van der Waals surface area contributed by atoms with Gasteiger partial charge in [-0.3, -0.25) is 0 Å². The van der Waals surface area contributed by atoms with Crippen LogP contribution >= 0.6 is 11.3 Å². The minimum Gasteiger partial charge on any atom is -0.306 e. The van der Waals surface area contributed by atoms with Gasteiger partial charge < -0.3 is 9.97 Å². The molecule has 1 aromatic carbocycles. The number of nitrogens with zero attached hydrogens (tertiary/aromatic N) is 1. The quantitative estimate of drug-likeness (QED) is 0.748. The van der Waals surface area contributed by atoms with Crippen LogP contribution < -0.4 is 5.69 Å². The van der Waals surface area contributed by atoms with Crippen molar-refractivity contribution in [1.29, 1.82) is 0 Å². The summed E-state index contributed by atoms with van der Waals surface area (Å²) in [7, 11) is -3.61. The van der Waals surface area contributed by atoms with Crippen LogP contribution in [0.15, 0.2) is 45.4 Å². The Hall–Kier alpha value is -1.90. The first-order valence-electron chi connectivity index (χ1n) is 6.75. The largest absolute Gasteiger partial charge is 0.323 e. The normalized spacial score (nSPS) is 12.3. The number of aromatic nitrogens is 2. The molecule has 8 heteroatoms. The predicted molar refractivity (Wildman–Crippen MR) is 86.5 cm³/mol. The summed E-state index contributed by atoms with van der Waals surface area (Å²) in [6, 6.07) is 8.41. The number of H-pyrrole nitrogens is 2. The lowest BCUT2D eigenvalue weighted by molar-refractivity contribution is 0.426. The molecule has 6 nitrogen and oxygen atoms in total. The molecule has 0 fully saturated rings. The number of thiophene rings is 1. The second-order valence-corrected chi connectivity index (χ2v) is 7.77. The van der Waals surface area contributed by atoms with Crippen LogP contribution in [0.3, 0.4) is 0 Å². The monoisotopic (exact) mass is 337 g/mol. The highest BCUT2D eigenvalue weighted by atomic mass is 32.2. The van der Waals surface area contributed by atoms with E-state index in [9.17, 15) is 13.2 Å². The van der Waals surface area contributed by atoms with E-state index in [2.05, 4.69) is 9.97 Å². The van der Waals surface area contributed by atoms with Gasteiger partial charge in [0.25, 0.3) is 0 Å². The Morgan fingerprint density at radius 3 is 2.64 bits per heavy atom. The highest BCUT2D eigenvalue weighted by molar-refractivity contribution is 7.89. The minimum absolute atomic E-state index is 0.175. The molecule has 0 spiro atoms. The van der Waals surface area contributed by atoms with Gasteiger partial charge in [0.05, 0.1) is 15.9 Å². The SMILES string of the molecule is CCN(Cc1cccs1)S(=O)(=O)c1ccc2[nH]c(=O)[nH]c2c1. The van der Waals surface area contributed by atoms with Crippen LogP contribution in [-0.4, -0.2) is 29.2 Å². The maximum Gasteiger partial charge on any atom is 0.323 e. The number of sulfonamides is 1. The number of fused-ring (bicyclic) bond motifs is 1. The summed E-state index contributed by atoms with van der Waals surface area (Å²) in [5, 5.41) is 1.92. The Kier molecular flexibility index (Phi) is 3.90. The smallest absolute Gasteiger partial charge is 0.306 e. The molecule has 3 aromatic rings. The van der Waals surface area contributed by atoms with Gasteiger partial charge in [-0.2, -0.15) is 4.31 Å². The van der Waals surface area contributed by atoms with Gasteiger partial charge in [0.2, 0.25) is 10.0 Å². The molecule has 0 amide bonds. The van der Waals surface area contributed by atoms with Gasteiger partial charge in [-0.25, -0.2) is 13.2 Å². The topological polar surface area (TPSA) is 86.0 Å². The lowest BCUT2D eigenvalue weighted by atomic mass is 10.3. The lowest BCUT2D eigenvalue weighted by Gasteiger charge is -2.19. The standard InChI is InChI=1S/C14H15N3O3S2/c1-2-17(9-10-4-3-7-21-10)22(19,20)11-5-6-12-13(8-11)16-14(18)15-12/h3-8H,2,9H2,1H3,(H2,15,16,18). The van der Waals surface area contributed by atoms with E-state index in [1.165, 1.54) is 27.8 Å². The van der Waals surface area contributed by atoms with E-state index in [0.717, 1.165) is 4.88 Å². The molecule has 0 unspecified atom stereocenters. The van der Waals surface area contributed by atoms with E-state index in [0.29, 0.717) is 24.1 Å². The molecular formula is C14H15N3O3S2. The summed E-state index contributed by atoms with van der Waals surface area (Å²) in [6.07, 6.45) is 0. The number of imidazole rings is 1. The summed E-state index contributed by atoms with van der Waals surface area (Å²) >= 11 is 1.53. The van der Waals surface area contributed by atoms with E-state index in [1.54, 1.807) is 6.07 Å². The summed E-state index contributed by atoms with van der Waals surface area (Å²) in [5.74, 6) is 0. The zero-order valence-corrected chi connectivity index (χ0v) is 13.5. The summed E-state index contributed by atoms with van der Waals surface area (Å²) < 4.78 is 27.0. The highest BCUT2D eigenvalue weighted by Crippen LogP contribution is 2.22. The number of hydrogen-bond acceptors (Lipinski definition) is 4. The van der Waals surface area contributed by atoms with Crippen LogP contribution in [0.2, 0.25) is 0 Å². The molecule has 2 heterocycles. The molecule has 0 aliphatic carbocycles. The van der Waals surface area contributed by atoms with Crippen LogP contribution in [0.5, 0.6) is 0 Å². The second kappa shape index (κ2) is 5.71. The highest BCUT2D eigenvalue weighted by Gasteiger charge is 2.24. The molecule has 2 aromatic heterocycles. The van der Waals surface area contributed by atoms with Crippen molar-refractivity contribution in [3.05, 3.63) is 51.1 Å². The van der Waals surface area contributed by atoms with Crippen LogP contribution in [0.25, 0.3) is 11.0 Å². The van der Waals surface area contributed by atoms with Crippen molar-refractivity contribution in [2.75, 3.05) is 6.54 Å². The van der Waals surface area contributed by atoms with Gasteiger partial charge in [0, 0.05) is 18.0 Å². The third kappa shape index (κ3) is 2.72. The Balaban J connectivity index is 1.99. The van der Waals surface area contributed by atoms with Gasteiger partial charge in [-0.1, -0.05) is 13.0 Å². The van der Waals surface area contributed by atoms with Crippen molar-refractivity contribution in [1.82, 2.24) is 14.3 Å². The molecule has 0 aliphatic rings. The summed E-state index contributed by atoms with van der Waals surface area (Å²) in [5.41, 5.74) is 0.721. The van der Waals surface area contributed by atoms with E-state index in [1.807, 2.05) is 24.4 Å². The summed E-state index contributed by atoms with van der Waals surface area (Å²) in [6.45, 7) is 2.53. The number of rotatable bonds is 5. The first kappa shape index (κ1) is 15.0. The van der Waals surface area contributed by atoms with Gasteiger partial charge in [0.1, 0.15) is 0 Å². The Morgan fingerprint density at radius 1 is 1.18 bits per heavy atom. The van der Waals surface area contributed by atoms with Crippen molar-refractivity contribution < 1.29 is 8.42 Å². The van der Waals surface area contributed by atoms with E-state index in [-0.39, 0.29) is 10.6 Å². The zero-order valence-electron chi connectivity index (χ0n) is 11.9. The molecule has 3 rings (SSSR count). The maximum atomic E-state index is 12.8. The van der Waals surface area contributed by atoms with Crippen LogP contribution in [-0.2, 0) is 16.6 Å². The first-order valence-corrected chi connectivity index (χ1v) is 9.07. The number of benzene rings is 1. The molecule has 2 N–H and O–H groups in total. The third-order valence-electron chi connectivity index (χ3n) is 3.39. The Bertz CT molecular complexity index is 939. The van der Waals surface area contributed by atoms with Crippen molar-refractivity contribution in [3.63, 3.8) is 0 Å². The molecule has 116 valence electrons. The van der Waals surface area contributed by atoms with Gasteiger partial charge in [-0.15, -0.1) is 11.3 Å². The average molecular weight is 337 g/mol. The molecule has 0 atom stereocenters. The van der Waals surface area contributed by atoms with E-state index in [4.69, 9.17) is 0 Å². The second-order valence-electron chi connectivity index (χ2n) is 4.80. The third-order valence-corrected chi connectivity index (χ3v) is 6.17. The van der Waals surface area contributed by atoms with Crippen molar-refractivity contribution in [2.24, 2.45) is 0 Å². The van der Waals surface area contributed by atoms with Crippen molar-refractivity contribution in [2.45, 2.75) is 18.4 Å². The van der Waals surface area contributed by atoms with E-state index >= 15 is 0 Å². The predicted octanol–water partition coefficient (Wildman–Crippen LogP) is 2.13. The number of aromatic amines is 2. The molecule has 0 saturated heterocycles. The number of hydrogen-bond donors (Lipinski definition) is 2. The maximum absolute atomic E-state index is 12.8. The van der Waals surface area contributed by atoms with Gasteiger partial charge in [0.15, 0.2) is 0 Å². The first-order chi connectivity index (χ1) is 10.5. The Morgan fingerprint density at radius 2 is 1.95 bits per heavy atom. The van der Waals surface area contributed by atoms with Crippen molar-refractivity contribution in [3.8, 4) is 0 Å². The van der Waals surface area contributed by atoms with E-state index < -0.39 is 10.0 Å². The fourth-order valence-corrected chi connectivity index (χ4v) is 4.52. The molecular weight excluding hydrogens is 322 g/mol. The minimum atomic E-state index is -3.61. The van der Waals surface area contributed by atoms with Gasteiger partial charge in [-0.05, 0) is 29.6 Å². The fraction of sp³-hybridized carbons (Fsp3) is 0.214. The average Bonchev–Trinajstić information content (AvgIpc) is 3.11. The van der Waals surface area contributed by atoms with Crippen molar-refractivity contribution >= 4 is 32.4 Å². The molecule has 0 bridgehead atoms. The molecule has 0 radical (unpaired) electrons.